The van der Waals surface area contributed by atoms with Crippen molar-refractivity contribution in [1.29, 1.82) is 0 Å². The molecule has 5 atom stereocenters. The third kappa shape index (κ3) is 9.92. The molecule has 1 unspecified atom stereocenters. The Labute approximate surface area is 176 Å². The fraction of sp³-hybridized carbons (Fsp3) is 0.792. The van der Waals surface area contributed by atoms with Crippen LogP contribution < -0.4 is 0 Å². The largest absolute Gasteiger partial charge is 0.481 e. The van der Waals surface area contributed by atoms with Gasteiger partial charge >= 0.3 is 5.97 Å². The van der Waals surface area contributed by atoms with E-state index < -0.39 is 23.8 Å². The Balaban J connectivity index is 2.48. The molecule has 1 rings (SSSR count). The van der Waals surface area contributed by atoms with Crippen molar-refractivity contribution in [3.63, 3.8) is 0 Å². The number of hydrogen-bond donors (Lipinski definition) is 4. The molecule has 0 radical (unpaired) electrons. The second kappa shape index (κ2) is 13.9. The summed E-state index contributed by atoms with van der Waals surface area (Å²) < 4.78 is 0. The lowest BCUT2D eigenvalue weighted by Gasteiger charge is -2.24. The second-order valence-electron chi connectivity index (χ2n) is 8.71. The molecule has 0 aliphatic heterocycles. The Morgan fingerprint density at radius 1 is 1.07 bits per heavy atom. The number of aliphatic hydroxyl groups excluding tert-OH is 2. The van der Waals surface area contributed by atoms with E-state index in [1.165, 1.54) is 6.42 Å². The molecule has 4 N–H and O–H groups in total. The number of carboxylic acid groups (broad SMARTS) is 1. The molecule has 5 nitrogen and oxygen atoms in total. The van der Waals surface area contributed by atoms with Gasteiger partial charge in [-0.2, -0.15) is 0 Å². The van der Waals surface area contributed by atoms with E-state index in [1.807, 2.05) is 12.2 Å². The van der Waals surface area contributed by atoms with Crippen molar-refractivity contribution in [3.05, 3.63) is 24.8 Å². The van der Waals surface area contributed by atoms with Crippen LogP contribution >= 0.6 is 0 Å². The minimum absolute atomic E-state index is 0.0158. The number of carbonyl (C=O) groups is 1. The molecular formula is C24H42O5. The van der Waals surface area contributed by atoms with Gasteiger partial charge in [0.25, 0.3) is 0 Å². The van der Waals surface area contributed by atoms with Gasteiger partial charge in [-0.05, 0) is 31.6 Å². The van der Waals surface area contributed by atoms with Gasteiger partial charge in [0.1, 0.15) is 0 Å². The summed E-state index contributed by atoms with van der Waals surface area (Å²) in [6, 6.07) is 0. The molecule has 29 heavy (non-hydrogen) atoms. The van der Waals surface area contributed by atoms with Crippen molar-refractivity contribution < 1.29 is 25.2 Å². The van der Waals surface area contributed by atoms with Crippen molar-refractivity contribution in [1.82, 2.24) is 0 Å². The molecule has 1 aliphatic rings. The van der Waals surface area contributed by atoms with Gasteiger partial charge in [-0.25, -0.2) is 0 Å². The average molecular weight is 411 g/mol. The lowest BCUT2D eigenvalue weighted by molar-refractivity contribution is -0.137. The molecule has 0 spiro atoms. The minimum atomic E-state index is -0.911. The Kier molecular flexibility index (Phi) is 12.4. The van der Waals surface area contributed by atoms with Crippen LogP contribution in [0.15, 0.2) is 24.8 Å². The molecule has 0 heterocycles. The van der Waals surface area contributed by atoms with E-state index in [0.717, 1.165) is 44.9 Å². The predicted octanol–water partition coefficient (Wildman–Crippen LogP) is 4.60. The van der Waals surface area contributed by atoms with Crippen LogP contribution in [0.25, 0.3) is 0 Å². The summed E-state index contributed by atoms with van der Waals surface area (Å²) in [4.78, 5) is 10.6. The van der Waals surface area contributed by atoms with E-state index in [1.54, 1.807) is 6.08 Å². The number of aliphatic carboxylic acids is 1. The first-order valence-corrected chi connectivity index (χ1v) is 11.4. The summed E-state index contributed by atoms with van der Waals surface area (Å²) in [5, 5.41) is 40.1. The highest BCUT2D eigenvalue weighted by molar-refractivity contribution is 5.66. The summed E-state index contributed by atoms with van der Waals surface area (Å²) in [5.41, 5.74) is -0.911. The van der Waals surface area contributed by atoms with Crippen LogP contribution in [0.5, 0.6) is 0 Å². The number of hydrogen-bond acceptors (Lipinski definition) is 4. The van der Waals surface area contributed by atoms with Crippen molar-refractivity contribution in [3.8, 4) is 0 Å². The van der Waals surface area contributed by atoms with Gasteiger partial charge < -0.3 is 20.4 Å². The summed E-state index contributed by atoms with van der Waals surface area (Å²) in [5.74, 6) is -0.838. The molecule has 0 aromatic rings. The molecule has 1 fully saturated rings. The number of rotatable bonds is 16. The third-order valence-corrected chi connectivity index (χ3v) is 6.27. The standard InChI is InChI=1S/C24H42O5/c1-3-5-6-11-16-24(29,4-2)17-12-14-20-19(21(25)18-22(20)26)13-9-7-8-10-15-23(27)28/h4,12,14,19-22,25-26,29H,2-3,5-11,13,15-18H2,1H3,(H,27,28)/t19-,20-,21+,22-,24?/m1/s1. The molecule has 0 bridgehead atoms. The van der Waals surface area contributed by atoms with Crippen molar-refractivity contribution in [2.24, 2.45) is 11.8 Å². The minimum Gasteiger partial charge on any atom is -0.481 e. The average Bonchev–Trinajstić information content (AvgIpc) is 2.94. The third-order valence-electron chi connectivity index (χ3n) is 6.27. The van der Waals surface area contributed by atoms with Gasteiger partial charge in [0.15, 0.2) is 0 Å². The smallest absolute Gasteiger partial charge is 0.303 e. The summed E-state index contributed by atoms with van der Waals surface area (Å²) in [7, 11) is 0. The van der Waals surface area contributed by atoms with E-state index in [4.69, 9.17) is 5.11 Å². The maximum absolute atomic E-state index is 10.7. The fourth-order valence-electron chi connectivity index (χ4n) is 4.36. The van der Waals surface area contributed by atoms with E-state index >= 15 is 0 Å². The summed E-state index contributed by atoms with van der Waals surface area (Å²) in [6.07, 6.45) is 14.9. The number of unbranched alkanes of at least 4 members (excludes halogenated alkanes) is 6. The van der Waals surface area contributed by atoms with Crippen LogP contribution in [-0.4, -0.2) is 44.2 Å². The Morgan fingerprint density at radius 2 is 1.76 bits per heavy atom. The highest BCUT2D eigenvalue weighted by Gasteiger charge is 2.39. The zero-order valence-corrected chi connectivity index (χ0v) is 18.1. The highest BCUT2D eigenvalue weighted by atomic mass is 16.4. The quantitative estimate of drug-likeness (QED) is 0.220. The predicted molar refractivity (Wildman–Crippen MR) is 117 cm³/mol. The Hall–Kier alpha value is -1.17. The Bertz CT molecular complexity index is 503. The number of carboxylic acids is 1. The molecule has 5 heteroatoms. The van der Waals surface area contributed by atoms with Gasteiger partial charge in [0.2, 0.25) is 0 Å². The maximum atomic E-state index is 10.7. The molecule has 0 aromatic carbocycles. The highest BCUT2D eigenvalue weighted by Crippen LogP contribution is 2.37. The molecule has 168 valence electrons. The van der Waals surface area contributed by atoms with E-state index in [9.17, 15) is 20.1 Å². The second-order valence-corrected chi connectivity index (χ2v) is 8.71. The van der Waals surface area contributed by atoms with E-state index in [-0.39, 0.29) is 18.3 Å². The maximum Gasteiger partial charge on any atom is 0.303 e. The van der Waals surface area contributed by atoms with Crippen molar-refractivity contribution >= 4 is 5.97 Å². The van der Waals surface area contributed by atoms with Gasteiger partial charge in [0, 0.05) is 18.8 Å². The van der Waals surface area contributed by atoms with Crippen LogP contribution in [0.2, 0.25) is 0 Å². The molecule has 0 saturated heterocycles. The molecule has 0 aromatic heterocycles. The van der Waals surface area contributed by atoms with E-state index in [2.05, 4.69) is 13.5 Å². The lowest BCUT2D eigenvalue weighted by Crippen LogP contribution is -2.25. The van der Waals surface area contributed by atoms with Gasteiger partial charge in [-0.15, -0.1) is 6.58 Å². The van der Waals surface area contributed by atoms with Gasteiger partial charge in [-0.3, -0.25) is 4.79 Å². The summed E-state index contributed by atoms with van der Waals surface area (Å²) in [6.45, 7) is 5.95. The zero-order chi connectivity index (χ0) is 21.7. The zero-order valence-electron chi connectivity index (χ0n) is 18.1. The normalized spacial score (nSPS) is 26.6. The SMILES string of the molecule is C=CC(O)(CC=C[C@@H]1[C@@H](CCCCCCC(=O)O)[C@@H](O)C[C@H]1O)CCCCCC. The molecule has 1 aliphatic carbocycles. The van der Waals surface area contributed by atoms with Gasteiger partial charge in [-0.1, -0.05) is 70.1 Å². The lowest BCUT2D eigenvalue weighted by atomic mass is 9.86. The molecule has 1 saturated carbocycles. The molecule has 0 amide bonds. The number of aliphatic hydroxyl groups is 3. The summed E-state index contributed by atoms with van der Waals surface area (Å²) >= 11 is 0. The van der Waals surface area contributed by atoms with Crippen LogP contribution in [-0.2, 0) is 4.79 Å². The topological polar surface area (TPSA) is 98.0 Å². The van der Waals surface area contributed by atoms with Crippen LogP contribution in [0.1, 0.15) is 90.4 Å². The van der Waals surface area contributed by atoms with Gasteiger partial charge in [0.05, 0.1) is 17.8 Å². The first kappa shape index (κ1) is 25.9. The fourth-order valence-corrected chi connectivity index (χ4v) is 4.36. The van der Waals surface area contributed by atoms with Crippen LogP contribution in [0.4, 0.5) is 0 Å². The van der Waals surface area contributed by atoms with Crippen LogP contribution in [0.3, 0.4) is 0 Å². The van der Waals surface area contributed by atoms with Crippen LogP contribution in [0, 0.1) is 11.8 Å². The van der Waals surface area contributed by atoms with Crippen molar-refractivity contribution in [2.45, 2.75) is 108 Å². The monoisotopic (exact) mass is 410 g/mol. The first-order chi connectivity index (χ1) is 13.8. The Morgan fingerprint density at radius 3 is 2.41 bits per heavy atom. The molecular weight excluding hydrogens is 368 g/mol. The van der Waals surface area contributed by atoms with Crippen molar-refractivity contribution in [2.75, 3.05) is 0 Å². The van der Waals surface area contributed by atoms with E-state index in [0.29, 0.717) is 25.7 Å². The first-order valence-electron chi connectivity index (χ1n) is 11.4.